The van der Waals surface area contributed by atoms with Gasteiger partial charge in [-0.05, 0) is 67.3 Å². The van der Waals surface area contributed by atoms with Crippen LogP contribution >= 0.6 is 11.6 Å². The molecule has 0 radical (unpaired) electrons. The molecule has 1 heterocycles. The SMILES string of the molecule is CCCCCc1c(-c2cccc(Oc3ccccc3)c2)c(C(N)=O)c(C)n1Cc1cccc(Cl)c1. The zero-order valence-electron chi connectivity index (χ0n) is 20.3. The second kappa shape index (κ2) is 11.3. The predicted molar refractivity (Wildman–Crippen MR) is 143 cm³/mol. The van der Waals surface area contributed by atoms with Crippen molar-refractivity contribution in [3.63, 3.8) is 0 Å². The number of hydrogen-bond acceptors (Lipinski definition) is 2. The maximum Gasteiger partial charge on any atom is 0.251 e. The summed E-state index contributed by atoms with van der Waals surface area (Å²) in [6, 6.07) is 25.4. The number of aromatic nitrogens is 1. The molecule has 0 saturated heterocycles. The molecule has 0 saturated carbocycles. The van der Waals surface area contributed by atoms with Crippen molar-refractivity contribution in [2.45, 2.75) is 46.1 Å². The van der Waals surface area contributed by atoms with Gasteiger partial charge >= 0.3 is 0 Å². The number of unbranched alkanes of at least 4 members (excludes halogenated alkanes) is 2. The van der Waals surface area contributed by atoms with E-state index in [1.54, 1.807) is 0 Å². The summed E-state index contributed by atoms with van der Waals surface area (Å²) in [5.74, 6) is 1.05. The van der Waals surface area contributed by atoms with E-state index in [1.807, 2.05) is 79.7 Å². The third-order valence-corrected chi connectivity index (χ3v) is 6.46. The number of carbonyl (C=O) groups excluding carboxylic acids is 1. The Balaban J connectivity index is 1.83. The monoisotopic (exact) mass is 486 g/mol. The maximum absolute atomic E-state index is 12.8. The number of rotatable bonds is 10. The van der Waals surface area contributed by atoms with Gasteiger partial charge in [0.1, 0.15) is 11.5 Å². The number of nitrogens with two attached hydrogens (primary N) is 1. The van der Waals surface area contributed by atoms with Crippen molar-refractivity contribution in [1.29, 1.82) is 0 Å². The lowest BCUT2D eigenvalue weighted by atomic mass is 9.97. The lowest BCUT2D eigenvalue weighted by molar-refractivity contribution is 0.1000. The molecule has 180 valence electrons. The summed E-state index contributed by atoms with van der Waals surface area (Å²) in [6.45, 7) is 4.78. The molecule has 3 aromatic carbocycles. The number of hydrogen-bond donors (Lipinski definition) is 1. The van der Waals surface area contributed by atoms with Gasteiger partial charge in [0.05, 0.1) is 5.56 Å². The van der Waals surface area contributed by atoms with Crippen LogP contribution in [0.15, 0.2) is 78.9 Å². The first-order valence-electron chi connectivity index (χ1n) is 12.1. The molecule has 35 heavy (non-hydrogen) atoms. The normalized spacial score (nSPS) is 10.9. The summed E-state index contributed by atoms with van der Waals surface area (Å²) >= 11 is 6.26. The predicted octanol–water partition coefficient (Wildman–Crippen LogP) is 7.79. The van der Waals surface area contributed by atoms with Gasteiger partial charge in [-0.15, -0.1) is 0 Å². The topological polar surface area (TPSA) is 57.2 Å². The molecule has 0 unspecified atom stereocenters. The third-order valence-electron chi connectivity index (χ3n) is 6.23. The van der Waals surface area contributed by atoms with E-state index in [1.165, 1.54) is 0 Å². The molecule has 0 atom stereocenters. The number of para-hydroxylation sites is 1. The van der Waals surface area contributed by atoms with Crippen LogP contribution in [0.5, 0.6) is 11.5 Å². The van der Waals surface area contributed by atoms with E-state index in [-0.39, 0.29) is 0 Å². The zero-order valence-corrected chi connectivity index (χ0v) is 21.0. The molecule has 4 nitrogen and oxygen atoms in total. The summed E-state index contributed by atoms with van der Waals surface area (Å²) in [5.41, 5.74) is 11.4. The number of halogens is 1. The van der Waals surface area contributed by atoms with Crippen LogP contribution in [0.25, 0.3) is 11.1 Å². The minimum absolute atomic E-state index is 0.423. The van der Waals surface area contributed by atoms with Crippen LogP contribution in [0.1, 0.15) is 53.5 Å². The molecule has 4 aromatic rings. The highest BCUT2D eigenvalue weighted by atomic mass is 35.5. The first kappa shape index (κ1) is 24.6. The Morgan fingerprint density at radius 1 is 0.943 bits per heavy atom. The molecule has 5 heteroatoms. The minimum Gasteiger partial charge on any atom is -0.457 e. The first-order valence-corrected chi connectivity index (χ1v) is 12.4. The number of primary amides is 1. The molecule has 4 rings (SSSR count). The Kier molecular flexibility index (Phi) is 7.94. The van der Waals surface area contributed by atoms with E-state index in [0.717, 1.165) is 59.5 Å². The summed E-state index contributed by atoms with van der Waals surface area (Å²) < 4.78 is 8.31. The molecule has 1 amide bonds. The van der Waals surface area contributed by atoms with Gasteiger partial charge in [-0.3, -0.25) is 4.79 Å². The van der Waals surface area contributed by atoms with E-state index in [2.05, 4.69) is 17.6 Å². The number of amides is 1. The Morgan fingerprint density at radius 2 is 1.69 bits per heavy atom. The molecule has 2 N–H and O–H groups in total. The van der Waals surface area contributed by atoms with Crippen molar-refractivity contribution < 1.29 is 9.53 Å². The molecule has 0 fully saturated rings. The number of nitrogens with zero attached hydrogens (tertiary/aromatic N) is 1. The smallest absolute Gasteiger partial charge is 0.251 e. The van der Waals surface area contributed by atoms with E-state index in [4.69, 9.17) is 22.1 Å². The maximum atomic E-state index is 12.8. The van der Waals surface area contributed by atoms with E-state index in [0.29, 0.717) is 22.9 Å². The number of carbonyl (C=O) groups is 1. The fourth-order valence-electron chi connectivity index (χ4n) is 4.58. The standard InChI is InChI=1S/C30H31ClN2O2/c1-3-4-6-17-27-29(23-12-10-16-26(19-23)35-25-14-7-5-8-15-25)28(30(32)34)21(2)33(27)20-22-11-9-13-24(31)18-22/h5,7-16,18-19H,3-4,6,17,20H2,1-2H3,(H2,32,34). The summed E-state index contributed by atoms with van der Waals surface area (Å²) in [5, 5.41) is 0.695. The second-order valence-electron chi connectivity index (χ2n) is 8.76. The Morgan fingerprint density at radius 3 is 2.40 bits per heavy atom. The van der Waals surface area contributed by atoms with Gasteiger partial charge in [-0.25, -0.2) is 0 Å². The number of benzene rings is 3. The van der Waals surface area contributed by atoms with Gasteiger partial charge in [0.25, 0.3) is 5.91 Å². The summed E-state index contributed by atoms with van der Waals surface area (Å²) in [6.07, 6.45) is 4.11. The van der Waals surface area contributed by atoms with Crippen LogP contribution in [0.4, 0.5) is 0 Å². The molecule has 1 aromatic heterocycles. The fraction of sp³-hybridized carbons (Fsp3) is 0.233. The van der Waals surface area contributed by atoms with Crippen molar-refractivity contribution in [3.05, 3.63) is 106 Å². The molecule has 0 bridgehead atoms. The molecule has 0 aliphatic rings. The Labute approximate surface area is 212 Å². The molecule has 0 aliphatic carbocycles. The van der Waals surface area contributed by atoms with E-state index in [9.17, 15) is 4.79 Å². The lowest BCUT2D eigenvalue weighted by Crippen LogP contribution is -2.13. The summed E-state index contributed by atoms with van der Waals surface area (Å²) in [4.78, 5) is 12.8. The quantitative estimate of drug-likeness (QED) is 0.232. The van der Waals surface area contributed by atoms with Gasteiger partial charge < -0.3 is 15.0 Å². The molecular weight excluding hydrogens is 456 g/mol. The number of ether oxygens (including phenoxy) is 1. The van der Waals surface area contributed by atoms with Crippen molar-refractivity contribution in [1.82, 2.24) is 4.57 Å². The highest BCUT2D eigenvalue weighted by Gasteiger charge is 2.25. The van der Waals surface area contributed by atoms with Crippen molar-refractivity contribution in [2.24, 2.45) is 5.73 Å². The Bertz CT molecular complexity index is 1310. The third kappa shape index (κ3) is 5.77. The Hall–Kier alpha value is -3.50. The van der Waals surface area contributed by atoms with Gasteiger partial charge in [0.15, 0.2) is 0 Å². The van der Waals surface area contributed by atoms with Gasteiger partial charge in [-0.2, -0.15) is 0 Å². The molecule has 0 spiro atoms. The average molecular weight is 487 g/mol. The van der Waals surface area contributed by atoms with E-state index < -0.39 is 5.91 Å². The highest BCUT2D eigenvalue weighted by molar-refractivity contribution is 6.30. The van der Waals surface area contributed by atoms with Gasteiger partial charge in [-0.1, -0.05) is 73.8 Å². The van der Waals surface area contributed by atoms with Crippen LogP contribution in [0.2, 0.25) is 5.02 Å². The van der Waals surface area contributed by atoms with Gasteiger partial charge in [0.2, 0.25) is 0 Å². The van der Waals surface area contributed by atoms with Crippen LogP contribution in [-0.4, -0.2) is 10.5 Å². The highest BCUT2D eigenvalue weighted by Crippen LogP contribution is 2.37. The van der Waals surface area contributed by atoms with E-state index >= 15 is 0 Å². The minimum atomic E-state index is -0.423. The summed E-state index contributed by atoms with van der Waals surface area (Å²) in [7, 11) is 0. The van der Waals surface area contributed by atoms with Crippen LogP contribution in [-0.2, 0) is 13.0 Å². The van der Waals surface area contributed by atoms with Crippen LogP contribution < -0.4 is 10.5 Å². The van der Waals surface area contributed by atoms with Crippen LogP contribution in [0, 0.1) is 6.92 Å². The average Bonchev–Trinajstić information content (AvgIpc) is 3.12. The first-order chi connectivity index (χ1) is 17.0. The van der Waals surface area contributed by atoms with Crippen molar-refractivity contribution in [2.75, 3.05) is 0 Å². The molecule has 0 aliphatic heterocycles. The zero-order chi connectivity index (χ0) is 24.8. The van der Waals surface area contributed by atoms with Crippen LogP contribution in [0.3, 0.4) is 0 Å². The lowest BCUT2D eigenvalue weighted by Gasteiger charge is -2.14. The van der Waals surface area contributed by atoms with Gasteiger partial charge in [0, 0.05) is 28.5 Å². The second-order valence-corrected chi connectivity index (χ2v) is 9.20. The van der Waals surface area contributed by atoms with Crippen molar-refractivity contribution >= 4 is 17.5 Å². The fourth-order valence-corrected chi connectivity index (χ4v) is 4.80. The molecular formula is C30H31ClN2O2. The largest absolute Gasteiger partial charge is 0.457 e. The van der Waals surface area contributed by atoms with Crippen molar-refractivity contribution in [3.8, 4) is 22.6 Å².